The van der Waals surface area contributed by atoms with Crippen molar-refractivity contribution in [2.24, 2.45) is 0 Å². The standard InChI is InChI=1S/C15H12ClFN4O/c1-22-12-6-5-10(8-13-18-20-21-19-13)15(17)14(12)9-3-2-4-11(16)7-9/h2-7H,8H2,1H3,(H,18,19,20,21). The molecule has 0 unspecified atom stereocenters. The lowest BCUT2D eigenvalue weighted by Crippen LogP contribution is -2.00. The Bertz CT molecular complexity index is 792. The molecule has 5 nitrogen and oxygen atoms in total. The molecule has 22 heavy (non-hydrogen) atoms. The number of ether oxygens (including phenoxy) is 1. The molecule has 0 atom stereocenters. The van der Waals surface area contributed by atoms with E-state index in [9.17, 15) is 4.39 Å². The Labute approximate surface area is 131 Å². The van der Waals surface area contributed by atoms with E-state index < -0.39 is 0 Å². The van der Waals surface area contributed by atoms with Crippen LogP contribution in [-0.2, 0) is 6.42 Å². The molecule has 1 heterocycles. The maximum Gasteiger partial charge on any atom is 0.179 e. The van der Waals surface area contributed by atoms with E-state index in [4.69, 9.17) is 16.3 Å². The van der Waals surface area contributed by atoms with Crippen LogP contribution < -0.4 is 4.74 Å². The highest BCUT2D eigenvalue weighted by molar-refractivity contribution is 6.30. The van der Waals surface area contributed by atoms with Crippen molar-refractivity contribution >= 4 is 11.6 Å². The fourth-order valence-electron chi connectivity index (χ4n) is 2.25. The second-order valence-corrected chi connectivity index (χ2v) is 5.07. The summed E-state index contributed by atoms with van der Waals surface area (Å²) in [6.45, 7) is 0. The highest BCUT2D eigenvalue weighted by Crippen LogP contribution is 2.35. The van der Waals surface area contributed by atoms with Gasteiger partial charge >= 0.3 is 0 Å². The molecule has 3 aromatic rings. The maximum absolute atomic E-state index is 14.9. The van der Waals surface area contributed by atoms with Crippen molar-refractivity contribution in [2.75, 3.05) is 7.11 Å². The Morgan fingerprint density at radius 2 is 2.14 bits per heavy atom. The lowest BCUT2D eigenvalue weighted by molar-refractivity contribution is 0.413. The van der Waals surface area contributed by atoms with Crippen LogP contribution in [0.2, 0.25) is 5.02 Å². The second-order valence-electron chi connectivity index (χ2n) is 4.63. The zero-order chi connectivity index (χ0) is 15.5. The maximum atomic E-state index is 14.9. The van der Waals surface area contributed by atoms with Crippen LogP contribution in [0.4, 0.5) is 4.39 Å². The quantitative estimate of drug-likeness (QED) is 0.802. The molecule has 0 amide bonds. The molecule has 0 radical (unpaired) electrons. The first-order chi connectivity index (χ1) is 10.7. The Balaban J connectivity index is 2.10. The first-order valence-corrected chi connectivity index (χ1v) is 6.90. The molecular weight excluding hydrogens is 307 g/mol. The number of rotatable bonds is 4. The van der Waals surface area contributed by atoms with Crippen molar-refractivity contribution in [3.05, 3.63) is 58.6 Å². The highest BCUT2D eigenvalue weighted by Gasteiger charge is 2.17. The third-order valence-electron chi connectivity index (χ3n) is 3.25. The summed E-state index contributed by atoms with van der Waals surface area (Å²) in [5.41, 5.74) is 1.47. The van der Waals surface area contributed by atoms with Gasteiger partial charge in [0.2, 0.25) is 0 Å². The van der Waals surface area contributed by atoms with Crippen molar-refractivity contribution in [1.82, 2.24) is 20.6 Å². The van der Waals surface area contributed by atoms with Gasteiger partial charge in [-0.1, -0.05) is 35.0 Å². The van der Waals surface area contributed by atoms with E-state index in [1.807, 2.05) is 0 Å². The Morgan fingerprint density at radius 3 is 2.82 bits per heavy atom. The van der Waals surface area contributed by atoms with Crippen LogP contribution >= 0.6 is 11.6 Å². The smallest absolute Gasteiger partial charge is 0.179 e. The molecule has 0 aliphatic heterocycles. The number of halogens is 2. The molecule has 0 spiro atoms. The van der Waals surface area contributed by atoms with Gasteiger partial charge in [0.15, 0.2) is 5.82 Å². The summed E-state index contributed by atoms with van der Waals surface area (Å²) in [5, 5.41) is 14.0. The van der Waals surface area contributed by atoms with Crippen molar-refractivity contribution in [3.63, 3.8) is 0 Å². The molecule has 0 bridgehead atoms. The van der Waals surface area contributed by atoms with Gasteiger partial charge in [-0.25, -0.2) is 4.39 Å². The number of benzene rings is 2. The molecule has 0 aliphatic carbocycles. The lowest BCUT2D eigenvalue weighted by Gasteiger charge is -2.13. The van der Waals surface area contributed by atoms with Crippen LogP contribution in [0.3, 0.4) is 0 Å². The third kappa shape index (κ3) is 2.78. The van der Waals surface area contributed by atoms with Crippen LogP contribution in [0.1, 0.15) is 11.4 Å². The molecule has 0 saturated heterocycles. The number of hydrogen-bond donors (Lipinski definition) is 1. The van der Waals surface area contributed by atoms with Gasteiger partial charge in [0, 0.05) is 11.4 Å². The summed E-state index contributed by atoms with van der Waals surface area (Å²) >= 11 is 6.00. The molecule has 2 aromatic carbocycles. The van der Waals surface area contributed by atoms with Gasteiger partial charge in [-0.05, 0) is 29.3 Å². The van der Waals surface area contributed by atoms with Crippen LogP contribution in [0, 0.1) is 5.82 Å². The topological polar surface area (TPSA) is 63.7 Å². The fraction of sp³-hybridized carbons (Fsp3) is 0.133. The third-order valence-corrected chi connectivity index (χ3v) is 3.49. The molecular formula is C15H12ClFN4O. The molecule has 1 aromatic heterocycles. The number of methoxy groups -OCH3 is 1. The zero-order valence-electron chi connectivity index (χ0n) is 11.7. The summed E-state index contributed by atoms with van der Waals surface area (Å²) in [4.78, 5) is 0. The number of hydrogen-bond acceptors (Lipinski definition) is 4. The van der Waals surface area contributed by atoms with Crippen LogP contribution in [0.25, 0.3) is 11.1 Å². The number of tetrazole rings is 1. The minimum absolute atomic E-state index is 0.236. The largest absolute Gasteiger partial charge is 0.496 e. The Morgan fingerprint density at radius 1 is 1.27 bits per heavy atom. The zero-order valence-corrected chi connectivity index (χ0v) is 12.4. The van der Waals surface area contributed by atoms with Crippen molar-refractivity contribution < 1.29 is 9.13 Å². The van der Waals surface area contributed by atoms with Gasteiger partial charge in [-0.15, -0.1) is 10.2 Å². The van der Waals surface area contributed by atoms with Gasteiger partial charge in [-0.2, -0.15) is 5.21 Å². The van der Waals surface area contributed by atoms with Crippen molar-refractivity contribution in [2.45, 2.75) is 6.42 Å². The first-order valence-electron chi connectivity index (χ1n) is 6.52. The van der Waals surface area contributed by atoms with E-state index in [1.54, 1.807) is 36.4 Å². The Kier molecular flexibility index (Phi) is 4.02. The van der Waals surface area contributed by atoms with Crippen LogP contribution in [0.15, 0.2) is 36.4 Å². The second kappa shape index (κ2) is 6.11. The number of aromatic amines is 1. The average molecular weight is 319 g/mol. The molecule has 1 N–H and O–H groups in total. The number of H-pyrrole nitrogens is 1. The average Bonchev–Trinajstić information content (AvgIpc) is 3.02. The van der Waals surface area contributed by atoms with E-state index in [-0.39, 0.29) is 12.2 Å². The van der Waals surface area contributed by atoms with Gasteiger partial charge < -0.3 is 4.74 Å². The number of nitrogens with one attached hydrogen (secondary N) is 1. The summed E-state index contributed by atoms with van der Waals surface area (Å²) in [6.07, 6.45) is 0.236. The van der Waals surface area contributed by atoms with Gasteiger partial charge in [0.1, 0.15) is 11.6 Å². The predicted octanol–water partition coefficient (Wildman–Crippen LogP) is 3.26. The minimum atomic E-state index is -0.383. The molecule has 112 valence electrons. The van der Waals surface area contributed by atoms with E-state index in [2.05, 4.69) is 20.6 Å². The molecule has 0 aliphatic rings. The van der Waals surface area contributed by atoms with Crippen molar-refractivity contribution in [3.8, 4) is 16.9 Å². The summed E-state index contributed by atoms with van der Waals surface area (Å²) in [5.74, 6) is 0.476. The molecule has 0 saturated carbocycles. The monoisotopic (exact) mass is 318 g/mol. The van der Waals surface area contributed by atoms with Crippen molar-refractivity contribution in [1.29, 1.82) is 0 Å². The lowest BCUT2D eigenvalue weighted by atomic mass is 9.99. The SMILES string of the molecule is COc1ccc(Cc2nn[nH]n2)c(F)c1-c1cccc(Cl)c1. The minimum Gasteiger partial charge on any atom is -0.496 e. The van der Waals surface area contributed by atoms with E-state index in [1.165, 1.54) is 7.11 Å². The van der Waals surface area contributed by atoms with Crippen LogP contribution in [-0.4, -0.2) is 27.7 Å². The molecule has 3 rings (SSSR count). The first kappa shape index (κ1) is 14.5. The van der Waals surface area contributed by atoms with Gasteiger partial charge in [-0.3, -0.25) is 0 Å². The summed E-state index contributed by atoms with van der Waals surface area (Å²) in [6, 6.07) is 10.3. The summed E-state index contributed by atoms with van der Waals surface area (Å²) in [7, 11) is 1.50. The number of nitrogens with zero attached hydrogens (tertiary/aromatic N) is 3. The normalized spacial score (nSPS) is 10.7. The molecule has 7 heteroatoms. The van der Waals surface area contributed by atoms with E-state index in [0.29, 0.717) is 33.3 Å². The highest BCUT2D eigenvalue weighted by atomic mass is 35.5. The Hall–Kier alpha value is -2.47. The fourth-order valence-corrected chi connectivity index (χ4v) is 2.44. The predicted molar refractivity (Wildman–Crippen MR) is 80.4 cm³/mol. The molecule has 0 fully saturated rings. The van der Waals surface area contributed by atoms with Crippen LogP contribution in [0.5, 0.6) is 5.75 Å². The van der Waals surface area contributed by atoms with Gasteiger partial charge in [0.05, 0.1) is 12.7 Å². The van der Waals surface area contributed by atoms with E-state index in [0.717, 1.165) is 0 Å². The van der Waals surface area contributed by atoms with Gasteiger partial charge in [0.25, 0.3) is 0 Å². The summed E-state index contributed by atoms with van der Waals surface area (Å²) < 4.78 is 20.2. The number of aromatic nitrogens is 4. The van der Waals surface area contributed by atoms with E-state index >= 15 is 0 Å².